The predicted octanol–water partition coefficient (Wildman–Crippen LogP) is 3.06. The average Bonchev–Trinajstić information content (AvgIpc) is 2.44. The number of hydrogen-bond acceptors (Lipinski definition) is 3. The highest BCUT2D eigenvalue weighted by atomic mass is 15.1. The summed E-state index contributed by atoms with van der Waals surface area (Å²) in [4.78, 5) is 6.60. The molecule has 1 fully saturated rings. The molecule has 0 saturated heterocycles. The molecule has 1 aromatic heterocycles. The number of hydrogen-bond donors (Lipinski definition) is 1. The second-order valence-electron chi connectivity index (χ2n) is 6.85. The molecule has 112 valence electrons. The monoisotopic (exact) mass is 275 g/mol. The zero-order valence-corrected chi connectivity index (χ0v) is 13.2. The minimum Gasteiger partial charge on any atom is -0.327 e. The van der Waals surface area contributed by atoms with Crippen molar-refractivity contribution in [2.24, 2.45) is 17.1 Å². The third kappa shape index (κ3) is 3.80. The fourth-order valence-electron chi connectivity index (χ4n) is 3.39. The van der Waals surface area contributed by atoms with Crippen LogP contribution < -0.4 is 5.73 Å². The van der Waals surface area contributed by atoms with Gasteiger partial charge in [-0.15, -0.1) is 0 Å². The molecule has 1 aromatic rings. The first-order valence-corrected chi connectivity index (χ1v) is 7.90. The molecule has 0 aliphatic heterocycles. The third-order valence-corrected chi connectivity index (χ3v) is 4.90. The van der Waals surface area contributed by atoms with Gasteiger partial charge in [0.15, 0.2) is 0 Å². The average molecular weight is 275 g/mol. The van der Waals surface area contributed by atoms with Crippen LogP contribution in [0.15, 0.2) is 24.5 Å². The van der Waals surface area contributed by atoms with Crippen molar-refractivity contribution >= 4 is 0 Å². The van der Waals surface area contributed by atoms with Crippen molar-refractivity contribution in [2.45, 2.75) is 52.6 Å². The van der Waals surface area contributed by atoms with Gasteiger partial charge in [0, 0.05) is 31.5 Å². The maximum absolute atomic E-state index is 6.52. The molecule has 1 heterocycles. The molecule has 2 N–H and O–H groups in total. The Kier molecular flexibility index (Phi) is 5.17. The van der Waals surface area contributed by atoms with Crippen LogP contribution in [0, 0.1) is 11.3 Å². The predicted molar refractivity (Wildman–Crippen MR) is 84.3 cm³/mol. The van der Waals surface area contributed by atoms with Crippen LogP contribution in [0.3, 0.4) is 0 Å². The van der Waals surface area contributed by atoms with Gasteiger partial charge in [-0.1, -0.05) is 27.2 Å². The van der Waals surface area contributed by atoms with Gasteiger partial charge in [-0.25, -0.2) is 0 Å². The van der Waals surface area contributed by atoms with Gasteiger partial charge in [-0.2, -0.15) is 0 Å². The molecule has 0 bridgehead atoms. The molecule has 2 atom stereocenters. The van der Waals surface area contributed by atoms with E-state index >= 15 is 0 Å². The summed E-state index contributed by atoms with van der Waals surface area (Å²) < 4.78 is 0. The van der Waals surface area contributed by atoms with Crippen LogP contribution >= 0.6 is 0 Å². The van der Waals surface area contributed by atoms with E-state index in [1.807, 2.05) is 12.4 Å². The van der Waals surface area contributed by atoms with E-state index in [0.717, 1.165) is 19.6 Å². The second kappa shape index (κ2) is 6.68. The number of rotatable bonds is 5. The number of nitrogens with zero attached hydrogens (tertiary/aromatic N) is 2. The Morgan fingerprint density at radius 2 is 2.05 bits per heavy atom. The van der Waals surface area contributed by atoms with Crippen LogP contribution in [-0.4, -0.2) is 29.0 Å². The van der Waals surface area contributed by atoms with Crippen molar-refractivity contribution in [1.82, 2.24) is 9.88 Å². The van der Waals surface area contributed by atoms with E-state index in [-0.39, 0.29) is 0 Å². The fourth-order valence-corrected chi connectivity index (χ4v) is 3.39. The molecular weight excluding hydrogens is 246 g/mol. The van der Waals surface area contributed by atoms with Gasteiger partial charge in [0.1, 0.15) is 0 Å². The zero-order chi connectivity index (χ0) is 14.6. The Morgan fingerprint density at radius 1 is 1.35 bits per heavy atom. The summed E-state index contributed by atoms with van der Waals surface area (Å²) in [6.45, 7) is 10.1. The normalized spacial score (nSPS) is 25.9. The van der Waals surface area contributed by atoms with Gasteiger partial charge in [-0.3, -0.25) is 9.88 Å². The van der Waals surface area contributed by atoms with Crippen LogP contribution in [0.4, 0.5) is 0 Å². The minimum atomic E-state index is 0.291. The summed E-state index contributed by atoms with van der Waals surface area (Å²) >= 11 is 0. The van der Waals surface area contributed by atoms with Crippen molar-refractivity contribution in [1.29, 1.82) is 0 Å². The SMILES string of the molecule is CCN(Cc1ccncc1)CC1CCCC(C)(C)C1N. The van der Waals surface area contributed by atoms with Crippen LogP contribution in [0.5, 0.6) is 0 Å². The number of pyridine rings is 1. The molecule has 2 rings (SSSR count). The van der Waals surface area contributed by atoms with Gasteiger partial charge in [-0.05, 0) is 48.4 Å². The molecule has 1 saturated carbocycles. The first kappa shape index (κ1) is 15.5. The summed E-state index contributed by atoms with van der Waals surface area (Å²) in [5.74, 6) is 0.625. The lowest BCUT2D eigenvalue weighted by Gasteiger charge is -2.43. The Hall–Kier alpha value is -0.930. The number of nitrogens with two attached hydrogens (primary N) is 1. The summed E-state index contributed by atoms with van der Waals surface area (Å²) in [7, 11) is 0. The van der Waals surface area contributed by atoms with Crippen molar-refractivity contribution in [2.75, 3.05) is 13.1 Å². The molecule has 1 aliphatic rings. The highest BCUT2D eigenvalue weighted by Gasteiger charge is 2.36. The van der Waals surface area contributed by atoms with Gasteiger partial charge in [0.05, 0.1) is 0 Å². The van der Waals surface area contributed by atoms with Crippen LogP contribution in [-0.2, 0) is 6.54 Å². The van der Waals surface area contributed by atoms with E-state index in [0.29, 0.717) is 17.4 Å². The highest BCUT2D eigenvalue weighted by Crippen LogP contribution is 2.38. The summed E-state index contributed by atoms with van der Waals surface area (Å²) in [5, 5.41) is 0. The third-order valence-electron chi connectivity index (χ3n) is 4.90. The summed E-state index contributed by atoms with van der Waals surface area (Å²) in [6, 6.07) is 4.53. The molecule has 2 unspecified atom stereocenters. The van der Waals surface area contributed by atoms with E-state index in [9.17, 15) is 0 Å². The molecule has 3 nitrogen and oxygen atoms in total. The second-order valence-corrected chi connectivity index (χ2v) is 6.85. The van der Waals surface area contributed by atoms with Crippen LogP contribution in [0.1, 0.15) is 45.6 Å². The largest absolute Gasteiger partial charge is 0.327 e. The first-order valence-electron chi connectivity index (χ1n) is 7.90. The maximum Gasteiger partial charge on any atom is 0.0271 e. The van der Waals surface area contributed by atoms with Crippen LogP contribution in [0.25, 0.3) is 0 Å². The van der Waals surface area contributed by atoms with Gasteiger partial charge in [0.25, 0.3) is 0 Å². The summed E-state index contributed by atoms with van der Waals surface area (Å²) in [6.07, 6.45) is 7.61. The minimum absolute atomic E-state index is 0.291. The zero-order valence-electron chi connectivity index (χ0n) is 13.2. The molecule has 0 amide bonds. The van der Waals surface area contributed by atoms with Crippen molar-refractivity contribution in [3.63, 3.8) is 0 Å². The van der Waals surface area contributed by atoms with Gasteiger partial charge in [0.2, 0.25) is 0 Å². The lowest BCUT2D eigenvalue weighted by Crippen LogP contribution is -2.50. The van der Waals surface area contributed by atoms with Crippen molar-refractivity contribution < 1.29 is 0 Å². The standard InChI is InChI=1S/C17H29N3/c1-4-20(12-14-7-10-19-11-8-14)13-15-6-5-9-17(2,3)16(15)18/h7-8,10-11,15-16H,4-6,9,12-13,18H2,1-3H3. The van der Waals surface area contributed by atoms with Gasteiger partial charge < -0.3 is 5.73 Å². The molecule has 20 heavy (non-hydrogen) atoms. The highest BCUT2D eigenvalue weighted by molar-refractivity contribution is 5.09. The van der Waals surface area contributed by atoms with E-state index < -0.39 is 0 Å². The Morgan fingerprint density at radius 3 is 2.70 bits per heavy atom. The van der Waals surface area contributed by atoms with Crippen molar-refractivity contribution in [3.8, 4) is 0 Å². The Labute approximate surface area is 123 Å². The topological polar surface area (TPSA) is 42.2 Å². The van der Waals surface area contributed by atoms with Crippen molar-refractivity contribution in [3.05, 3.63) is 30.1 Å². The Balaban J connectivity index is 1.96. The van der Waals surface area contributed by atoms with E-state index in [1.165, 1.54) is 24.8 Å². The van der Waals surface area contributed by atoms with Crippen LogP contribution in [0.2, 0.25) is 0 Å². The first-order chi connectivity index (χ1) is 9.53. The fraction of sp³-hybridized carbons (Fsp3) is 0.706. The van der Waals surface area contributed by atoms with E-state index in [1.54, 1.807) is 0 Å². The molecule has 0 spiro atoms. The summed E-state index contributed by atoms with van der Waals surface area (Å²) in [5.41, 5.74) is 8.15. The van der Waals surface area contributed by atoms with E-state index in [4.69, 9.17) is 5.73 Å². The van der Waals surface area contributed by atoms with E-state index in [2.05, 4.69) is 42.8 Å². The quantitative estimate of drug-likeness (QED) is 0.898. The number of aromatic nitrogens is 1. The smallest absolute Gasteiger partial charge is 0.0271 e. The molecule has 0 radical (unpaired) electrons. The molecule has 1 aliphatic carbocycles. The molecular formula is C17H29N3. The van der Waals surface area contributed by atoms with Gasteiger partial charge >= 0.3 is 0 Å². The lowest BCUT2D eigenvalue weighted by atomic mass is 9.68. The lowest BCUT2D eigenvalue weighted by molar-refractivity contribution is 0.101. The molecule has 0 aromatic carbocycles. The molecule has 3 heteroatoms. The Bertz CT molecular complexity index is 402. The maximum atomic E-state index is 6.52.